The van der Waals surface area contributed by atoms with E-state index in [0.717, 1.165) is 12.3 Å². The van der Waals surface area contributed by atoms with Gasteiger partial charge in [0.1, 0.15) is 0 Å². The summed E-state index contributed by atoms with van der Waals surface area (Å²) in [6.45, 7) is 0. The average Bonchev–Trinajstić information content (AvgIpc) is 2.14. The molecule has 2 aromatic rings. The van der Waals surface area contributed by atoms with Crippen molar-refractivity contribution in [1.29, 1.82) is 0 Å². The minimum absolute atomic E-state index is 0.0927. The van der Waals surface area contributed by atoms with Gasteiger partial charge in [-0.15, -0.1) is 0 Å². The molecule has 0 unspecified atom stereocenters. The van der Waals surface area contributed by atoms with Crippen molar-refractivity contribution in [3.05, 3.63) is 38.7 Å². The maximum atomic E-state index is 12.5. The number of nitrogens with one attached hydrogen (secondary N) is 1. The van der Waals surface area contributed by atoms with Gasteiger partial charge < -0.3 is 4.98 Å². The Bertz CT molecular complexity index is 606. The number of aromatic nitrogens is 2. The minimum atomic E-state index is -4.45. The summed E-state index contributed by atoms with van der Waals surface area (Å²) < 4.78 is 37.4. The number of fused-ring (bicyclic) bond motifs is 1. The van der Waals surface area contributed by atoms with Crippen LogP contribution in [0.2, 0.25) is 0 Å². The van der Waals surface area contributed by atoms with E-state index in [1.54, 1.807) is 0 Å². The molecule has 84 valence electrons. The van der Waals surface area contributed by atoms with E-state index in [4.69, 9.17) is 0 Å². The molecule has 1 aromatic carbocycles. The molecule has 0 fully saturated rings. The van der Waals surface area contributed by atoms with Gasteiger partial charge >= 0.3 is 6.18 Å². The lowest BCUT2D eigenvalue weighted by Crippen LogP contribution is -2.09. The molecule has 0 atom stereocenters. The summed E-state index contributed by atoms with van der Waals surface area (Å²) >= 11 is 2.81. The third-order valence-electron chi connectivity index (χ3n) is 1.97. The first-order chi connectivity index (χ1) is 7.38. The highest BCUT2D eigenvalue weighted by Crippen LogP contribution is 2.36. The Morgan fingerprint density at radius 1 is 1.31 bits per heavy atom. The van der Waals surface area contributed by atoms with Crippen molar-refractivity contribution in [3.63, 3.8) is 0 Å². The van der Waals surface area contributed by atoms with Crippen molar-refractivity contribution < 1.29 is 13.2 Å². The van der Waals surface area contributed by atoms with Gasteiger partial charge in [-0.1, -0.05) is 15.9 Å². The summed E-state index contributed by atoms with van der Waals surface area (Å²) in [5.74, 6) is 0. The van der Waals surface area contributed by atoms with Gasteiger partial charge in [0, 0.05) is 4.47 Å². The van der Waals surface area contributed by atoms with E-state index >= 15 is 0 Å². The highest BCUT2D eigenvalue weighted by molar-refractivity contribution is 9.10. The first kappa shape index (κ1) is 11.1. The van der Waals surface area contributed by atoms with Crippen LogP contribution < -0.4 is 5.56 Å². The number of rotatable bonds is 0. The second kappa shape index (κ2) is 3.58. The number of H-pyrrole nitrogens is 1. The van der Waals surface area contributed by atoms with Crippen molar-refractivity contribution >= 4 is 27.0 Å². The summed E-state index contributed by atoms with van der Waals surface area (Å²) in [6.07, 6.45) is -3.51. The van der Waals surface area contributed by atoms with Crippen LogP contribution in [0.5, 0.6) is 0 Å². The fourth-order valence-corrected chi connectivity index (χ4v) is 1.85. The van der Waals surface area contributed by atoms with Gasteiger partial charge in [0.25, 0.3) is 5.56 Å². The highest BCUT2D eigenvalue weighted by atomic mass is 79.9. The molecule has 0 bridgehead atoms. The molecule has 1 aromatic heterocycles. The first-order valence-electron chi connectivity index (χ1n) is 4.14. The van der Waals surface area contributed by atoms with Crippen molar-refractivity contribution in [2.45, 2.75) is 6.18 Å². The quantitative estimate of drug-likeness (QED) is 0.811. The van der Waals surface area contributed by atoms with E-state index in [1.807, 2.05) is 0 Å². The van der Waals surface area contributed by atoms with Gasteiger partial charge in [-0.05, 0) is 12.1 Å². The summed E-state index contributed by atoms with van der Waals surface area (Å²) in [5.41, 5.74) is -0.929. The fourth-order valence-electron chi connectivity index (χ4n) is 1.28. The molecule has 16 heavy (non-hydrogen) atoms. The molecule has 3 nitrogen and oxygen atoms in total. The number of aromatic amines is 1. The lowest BCUT2D eigenvalue weighted by Gasteiger charge is -2.09. The van der Waals surface area contributed by atoms with E-state index < -0.39 is 17.3 Å². The van der Waals surface area contributed by atoms with Crippen molar-refractivity contribution in [2.24, 2.45) is 0 Å². The maximum Gasteiger partial charge on any atom is 0.417 e. The number of alkyl halides is 3. The van der Waals surface area contributed by atoms with E-state index in [9.17, 15) is 18.0 Å². The smallest absolute Gasteiger partial charge is 0.319 e. The molecule has 1 N–H and O–H groups in total. The average molecular weight is 293 g/mol. The maximum absolute atomic E-state index is 12.5. The first-order valence-corrected chi connectivity index (χ1v) is 4.93. The van der Waals surface area contributed by atoms with Crippen LogP contribution in [0, 0.1) is 0 Å². The van der Waals surface area contributed by atoms with Crippen LogP contribution in [0.15, 0.2) is 27.6 Å². The third kappa shape index (κ3) is 1.95. The van der Waals surface area contributed by atoms with E-state index in [0.29, 0.717) is 0 Å². The zero-order valence-corrected chi connectivity index (χ0v) is 9.19. The van der Waals surface area contributed by atoms with Crippen LogP contribution in [-0.2, 0) is 6.18 Å². The fraction of sp³-hybridized carbons (Fsp3) is 0.111. The number of nitrogens with zero attached hydrogens (tertiary/aromatic N) is 1. The van der Waals surface area contributed by atoms with Crippen molar-refractivity contribution in [2.75, 3.05) is 0 Å². The van der Waals surface area contributed by atoms with Crippen LogP contribution in [0.25, 0.3) is 11.0 Å². The predicted molar refractivity (Wildman–Crippen MR) is 55.1 cm³/mol. The molecule has 0 saturated carbocycles. The zero-order chi connectivity index (χ0) is 11.9. The van der Waals surface area contributed by atoms with Gasteiger partial charge in [0.05, 0.1) is 22.8 Å². The normalized spacial score (nSPS) is 12.0. The number of halogens is 4. The van der Waals surface area contributed by atoms with Gasteiger partial charge in [-0.3, -0.25) is 4.79 Å². The lowest BCUT2D eigenvalue weighted by molar-refractivity contribution is -0.138. The largest absolute Gasteiger partial charge is 0.417 e. The Kier molecular flexibility index (Phi) is 2.49. The lowest BCUT2D eigenvalue weighted by atomic mass is 10.2. The van der Waals surface area contributed by atoms with Gasteiger partial charge in [-0.2, -0.15) is 13.2 Å². The molecule has 0 saturated heterocycles. The van der Waals surface area contributed by atoms with Crippen LogP contribution in [0.1, 0.15) is 5.56 Å². The number of hydrogen-bond acceptors (Lipinski definition) is 2. The van der Waals surface area contributed by atoms with E-state index in [1.165, 1.54) is 6.07 Å². The van der Waals surface area contributed by atoms with Gasteiger partial charge in [0.15, 0.2) is 0 Å². The summed E-state index contributed by atoms with van der Waals surface area (Å²) in [4.78, 5) is 16.9. The Morgan fingerprint density at radius 2 is 2.00 bits per heavy atom. The van der Waals surface area contributed by atoms with E-state index in [2.05, 4.69) is 25.9 Å². The Labute approximate surface area is 95.4 Å². The molecular formula is C9H4BrF3N2O. The zero-order valence-electron chi connectivity index (χ0n) is 7.60. The van der Waals surface area contributed by atoms with Crippen molar-refractivity contribution in [3.8, 4) is 0 Å². The summed E-state index contributed by atoms with van der Waals surface area (Å²) in [7, 11) is 0. The van der Waals surface area contributed by atoms with Gasteiger partial charge in [0.2, 0.25) is 0 Å². The van der Waals surface area contributed by atoms with Crippen molar-refractivity contribution in [1.82, 2.24) is 9.97 Å². The second-order valence-corrected chi connectivity index (χ2v) is 3.95. The number of benzene rings is 1. The molecule has 0 amide bonds. The highest BCUT2D eigenvalue weighted by Gasteiger charge is 2.33. The molecule has 0 aliphatic heterocycles. The summed E-state index contributed by atoms with van der Waals surface area (Å²) in [6, 6.07) is 2.07. The molecule has 2 rings (SSSR count). The van der Waals surface area contributed by atoms with E-state index in [-0.39, 0.29) is 15.5 Å². The third-order valence-corrected chi connectivity index (χ3v) is 2.63. The molecule has 0 radical (unpaired) electrons. The molecular weight excluding hydrogens is 289 g/mol. The molecule has 0 aliphatic carbocycles. The van der Waals surface area contributed by atoms with Crippen LogP contribution >= 0.6 is 15.9 Å². The Morgan fingerprint density at radius 3 is 2.62 bits per heavy atom. The van der Waals surface area contributed by atoms with Crippen LogP contribution in [0.4, 0.5) is 13.2 Å². The predicted octanol–water partition coefficient (Wildman–Crippen LogP) is 2.70. The molecule has 1 heterocycles. The number of hydrogen-bond donors (Lipinski definition) is 1. The topological polar surface area (TPSA) is 45.8 Å². The Hall–Kier alpha value is -1.37. The standard InChI is InChI=1S/C9H4BrF3N2O/c10-5-2-7-6(14-3-8(16)15-7)1-4(5)9(11,12)13/h1-3H,(H,15,16). The van der Waals surface area contributed by atoms with Crippen LogP contribution in [-0.4, -0.2) is 9.97 Å². The molecule has 0 aliphatic rings. The molecule has 7 heteroatoms. The SMILES string of the molecule is O=c1cnc2cc(C(F)(F)F)c(Br)cc2[nH]1. The Balaban J connectivity index is 2.77. The summed E-state index contributed by atoms with van der Waals surface area (Å²) in [5, 5.41) is 0. The van der Waals surface area contributed by atoms with Crippen LogP contribution in [0.3, 0.4) is 0 Å². The monoisotopic (exact) mass is 292 g/mol. The minimum Gasteiger partial charge on any atom is -0.319 e. The molecule has 0 spiro atoms. The van der Waals surface area contributed by atoms with Gasteiger partial charge in [-0.25, -0.2) is 4.98 Å². The second-order valence-electron chi connectivity index (χ2n) is 3.09.